The van der Waals surface area contributed by atoms with Crippen molar-refractivity contribution in [2.75, 3.05) is 5.32 Å². The largest absolute Gasteiger partial charge is 0.365 e. The van der Waals surface area contributed by atoms with Gasteiger partial charge in [0.25, 0.3) is 5.91 Å². The molecule has 2 aromatic rings. The van der Waals surface area contributed by atoms with Gasteiger partial charge in [0, 0.05) is 13.1 Å². The summed E-state index contributed by atoms with van der Waals surface area (Å²) in [5.41, 5.74) is 6.49. The predicted octanol–water partition coefficient (Wildman–Crippen LogP) is 0.989. The minimum Gasteiger partial charge on any atom is -0.365 e. The molecule has 0 bridgehead atoms. The van der Waals surface area contributed by atoms with Crippen LogP contribution in [0.1, 0.15) is 22.8 Å². The van der Waals surface area contributed by atoms with E-state index in [1.54, 1.807) is 4.68 Å². The molecule has 0 radical (unpaired) electrons. The lowest BCUT2D eigenvalue weighted by molar-refractivity contribution is -0.114. The number of primary amides is 1. The number of nitrogens with zero attached hydrogens (tertiary/aromatic N) is 2. The van der Waals surface area contributed by atoms with Crippen LogP contribution in [0.5, 0.6) is 0 Å². The minimum absolute atomic E-state index is 0.191. The minimum atomic E-state index is -0.622. The van der Waals surface area contributed by atoms with Crippen LogP contribution in [0.3, 0.4) is 0 Å². The second-order valence-electron chi connectivity index (χ2n) is 4.12. The highest BCUT2D eigenvalue weighted by molar-refractivity contribution is 6.01. The number of carbonyl (C=O) groups is 2. The highest BCUT2D eigenvalue weighted by Crippen LogP contribution is 2.13. The van der Waals surface area contributed by atoms with Crippen molar-refractivity contribution in [2.45, 2.75) is 13.5 Å². The van der Waals surface area contributed by atoms with Crippen LogP contribution in [-0.2, 0) is 11.3 Å². The summed E-state index contributed by atoms with van der Waals surface area (Å²) in [6, 6.07) is 9.66. The topological polar surface area (TPSA) is 90.0 Å². The lowest BCUT2D eigenvalue weighted by Gasteiger charge is -2.01. The Morgan fingerprint density at radius 1 is 1.32 bits per heavy atom. The number of hydrogen-bond acceptors (Lipinski definition) is 3. The van der Waals surface area contributed by atoms with Gasteiger partial charge in [-0.15, -0.1) is 0 Å². The molecule has 0 fully saturated rings. The van der Waals surface area contributed by atoms with Crippen LogP contribution in [0, 0.1) is 0 Å². The smallest absolute Gasteiger partial charge is 0.254 e. The first-order valence-corrected chi connectivity index (χ1v) is 5.75. The molecule has 2 rings (SSSR count). The Kier molecular flexibility index (Phi) is 3.61. The molecule has 0 aliphatic rings. The molecule has 6 heteroatoms. The number of aromatic nitrogens is 2. The molecule has 1 aromatic carbocycles. The first-order valence-electron chi connectivity index (χ1n) is 5.75. The normalized spacial score (nSPS) is 10.2. The second kappa shape index (κ2) is 5.34. The van der Waals surface area contributed by atoms with E-state index < -0.39 is 5.91 Å². The molecule has 6 nitrogen and oxygen atoms in total. The molecule has 0 saturated heterocycles. The van der Waals surface area contributed by atoms with Crippen molar-refractivity contribution < 1.29 is 9.59 Å². The number of nitrogens with two attached hydrogens (primary N) is 1. The number of hydrogen-bond donors (Lipinski definition) is 2. The molecular formula is C13H14N4O2. The zero-order chi connectivity index (χ0) is 13.8. The van der Waals surface area contributed by atoms with Gasteiger partial charge in [-0.2, -0.15) is 5.10 Å². The van der Waals surface area contributed by atoms with Crippen LogP contribution in [0.25, 0.3) is 0 Å². The van der Waals surface area contributed by atoms with Crippen LogP contribution in [-0.4, -0.2) is 21.6 Å². The van der Waals surface area contributed by atoms with Crippen LogP contribution in [0.2, 0.25) is 0 Å². The van der Waals surface area contributed by atoms with E-state index in [2.05, 4.69) is 10.4 Å². The maximum absolute atomic E-state index is 11.3. The quantitative estimate of drug-likeness (QED) is 0.856. The number of rotatable bonds is 4. The fourth-order valence-electron chi connectivity index (χ4n) is 1.71. The fourth-order valence-corrected chi connectivity index (χ4v) is 1.71. The van der Waals surface area contributed by atoms with Crippen LogP contribution >= 0.6 is 0 Å². The average Bonchev–Trinajstić information content (AvgIpc) is 2.72. The van der Waals surface area contributed by atoms with Gasteiger partial charge in [0.1, 0.15) is 5.56 Å². The van der Waals surface area contributed by atoms with Crippen molar-refractivity contribution in [3.63, 3.8) is 0 Å². The Hall–Kier alpha value is -2.63. The molecule has 0 spiro atoms. The predicted molar refractivity (Wildman–Crippen MR) is 70.6 cm³/mol. The molecule has 0 saturated carbocycles. The molecule has 1 aromatic heterocycles. The molecule has 3 N–H and O–H groups in total. The Labute approximate surface area is 110 Å². The molecule has 2 amide bonds. The van der Waals surface area contributed by atoms with Gasteiger partial charge < -0.3 is 11.1 Å². The Morgan fingerprint density at radius 3 is 2.58 bits per heavy atom. The van der Waals surface area contributed by atoms with Crippen molar-refractivity contribution >= 4 is 17.6 Å². The zero-order valence-electron chi connectivity index (χ0n) is 10.5. The molecule has 1 heterocycles. The standard InChI is InChI=1S/C13H14N4O2/c1-9(18)15-13-11(12(14)19)8-17(16-13)7-10-5-3-2-4-6-10/h2-6,8H,7H2,1H3,(H2,14,19)(H,15,16,18). The van der Waals surface area contributed by atoms with E-state index in [-0.39, 0.29) is 17.3 Å². The van der Waals surface area contributed by atoms with E-state index in [1.807, 2.05) is 30.3 Å². The molecule has 0 aliphatic heterocycles. The Morgan fingerprint density at radius 2 is 2.00 bits per heavy atom. The fraction of sp³-hybridized carbons (Fsp3) is 0.154. The van der Waals surface area contributed by atoms with E-state index in [0.717, 1.165) is 5.56 Å². The van der Waals surface area contributed by atoms with Crippen molar-refractivity contribution in [3.8, 4) is 0 Å². The highest BCUT2D eigenvalue weighted by Gasteiger charge is 2.14. The summed E-state index contributed by atoms with van der Waals surface area (Å²) in [6.45, 7) is 1.85. The summed E-state index contributed by atoms with van der Waals surface area (Å²) < 4.78 is 1.57. The summed E-state index contributed by atoms with van der Waals surface area (Å²) in [7, 11) is 0. The first kappa shape index (κ1) is 12.8. The van der Waals surface area contributed by atoms with E-state index >= 15 is 0 Å². The van der Waals surface area contributed by atoms with Crippen LogP contribution in [0.4, 0.5) is 5.82 Å². The summed E-state index contributed by atoms with van der Waals surface area (Å²) >= 11 is 0. The van der Waals surface area contributed by atoms with Gasteiger partial charge in [0.05, 0.1) is 6.54 Å². The summed E-state index contributed by atoms with van der Waals surface area (Å²) in [6.07, 6.45) is 1.53. The lowest BCUT2D eigenvalue weighted by atomic mass is 10.2. The van der Waals surface area contributed by atoms with Crippen molar-refractivity contribution in [3.05, 3.63) is 47.7 Å². The van der Waals surface area contributed by atoms with Crippen LogP contribution in [0.15, 0.2) is 36.5 Å². The molecule has 98 valence electrons. The van der Waals surface area contributed by atoms with Gasteiger partial charge in [-0.3, -0.25) is 14.3 Å². The Balaban J connectivity index is 2.27. The molecule has 0 aliphatic carbocycles. The van der Waals surface area contributed by atoms with Gasteiger partial charge in [-0.05, 0) is 5.56 Å². The van der Waals surface area contributed by atoms with Gasteiger partial charge in [-0.25, -0.2) is 0 Å². The van der Waals surface area contributed by atoms with Gasteiger partial charge in [-0.1, -0.05) is 30.3 Å². The number of nitrogens with one attached hydrogen (secondary N) is 1. The molecule has 0 atom stereocenters. The third-order valence-corrected chi connectivity index (χ3v) is 2.51. The summed E-state index contributed by atoms with van der Waals surface area (Å²) in [4.78, 5) is 22.3. The maximum Gasteiger partial charge on any atom is 0.254 e. The van der Waals surface area contributed by atoms with Gasteiger partial charge in [0.15, 0.2) is 5.82 Å². The lowest BCUT2D eigenvalue weighted by Crippen LogP contribution is -2.15. The molecular weight excluding hydrogens is 244 g/mol. The van der Waals surface area contributed by atoms with E-state index in [0.29, 0.717) is 6.54 Å². The summed E-state index contributed by atoms with van der Waals surface area (Å²) in [5, 5.41) is 6.64. The van der Waals surface area contributed by atoms with E-state index in [4.69, 9.17) is 5.73 Å². The zero-order valence-corrected chi connectivity index (χ0v) is 10.5. The van der Waals surface area contributed by atoms with Crippen molar-refractivity contribution in [1.82, 2.24) is 9.78 Å². The number of anilines is 1. The van der Waals surface area contributed by atoms with Crippen LogP contribution < -0.4 is 11.1 Å². The SMILES string of the molecule is CC(=O)Nc1nn(Cc2ccccc2)cc1C(N)=O. The van der Waals surface area contributed by atoms with E-state index in [1.165, 1.54) is 13.1 Å². The Bertz CT molecular complexity index is 604. The van der Waals surface area contributed by atoms with Crippen molar-refractivity contribution in [1.29, 1.82) is 0 Å². The van der Waals surface area contributed by atoms with Gasteiger partial charge >= 0.3 is 0 Å². The number of amides is 2. The number of benzene rings is 1. The third-order valence-electron chi connectivity index (χ3n) is 2.51. The first-order chi connectivity index (χ1) is 9.06. The van der Waals surface area contributed by atoms with Crippen molar-refractivity contribution in [2.24, 2.45) is 5.73 Å². The summed E-state index contributed by atoms with van der Waals surface area (Å²) in [5.74, 6) is -0.730. The average molecular weight is 258 g/mol. The van der Waals surface area contributed by atoms with Gasteiger partial charge in [0.2, 0.25) is 5.91 Å². The number of carbonyl (C=O) groups excluding carboxylic acids is 2. The third kappa shape index (κ3) is 3.19. The molecule has 0 unspecified atom stereocenters. The molecule has 19 heavy (non-hydrogen) atoms. The maximum atomic E-state index is 11.3. The second-order valence-corrected chi connectivity index (χ2v) is 4.12. The highest BCUT2D eigenvalue weighted by atomic mass is 16.2. The monoisotopic (exact) mass is 258 g/mol. The van der Waals surface area contributed by atoms with E-state index in [9.17, 15) is 9.59 Å².